The average Bonchev–Trinajstić information content (AvgIpc) is 2.97. The molecule has 4 nitrogen and oxygen atoms in total. The molecule has 0 amide bonds. The molecule has 0 unspecified atom stereocenters. The van der Waals surface area contributed by atoms with Crippen molar-refractivity contribution < 1.29 is 19.4 Å². The molecule has 208 valence electrons. The lowest BCUT2D eigenvalue weighted by atomic mass is 9.70. The highest BCUT2D eigenvalue weighted by Gasteiger charge is 2.31. The van der Waals surface area contributed by atoms with E-state index in [4.69, 9.17) is 9.47 Å². The van der Waals surface area contributed by atoms with Crippen molar-refractivity contribution in [3.8, 4) is 16.9 Å². The third-order valence-corrected chi connectivity index (χ3v) is 8.44. The lowest BCUT2D eigenvalue weighted by Crippen LogP contribution is -2.26. The number of hydrogen-bond acceptors (Lipinski definition) is 4. The molecule has 0 saturated heterocycles. The molecule has 0 atom stereocenters. The number of aliphatic hydroxyl groups is 1. The monoisotopic (exact) mass is 528 g/mol. The van der Waals surface area contributed by atoms with Crippen molar-refractivity contribution in [2.24, 2.45) is 0 Å². The number of carbonyl (C=O) groups excluding carboxylic acids is 1. The second-order valence-corrected chi connectivity index (χ2v) is 10.4. The first-order valence-corrected chi connectivity index (χ1v) is 14.1. The Kier molecular flexibility index (Phi) is 10.2. The summed E-state index contributed by atoms with van der Waals surface area (Å²) in [6.07, 6.45) is 7.53. The second-order valence-electron chi connectivity index (χ2n) is 10.4. The Bertz CT molecular complexity index is 1280. The van der Waals surface area contributed by atoms with E-state index in [0.29, 0.717) is 18.6 Å². The summed E-state index contributed by atoms with van der Waals surface area (Å²) in [5.41, 5.74) is 7.01. The van der Waals surface area contributed by atoms with Crippen LogP contribution in [0.5, 0.6) is 5.75 Å². The molecule has 3 rings (SSSR count). The number of methoxy groups -OCH3 is 2. The van der Waals surface area contributed by atoms with Crippen molar-refractivity contribution in [1.29, 1.82) is 0 Å². The van der Waals surface area contributed by atoms with E-state index in [9.17, 15) is 9.90 Å². The highest BCUT2D eigenvalue weighted by atomic mass is 16.5. The summed E-state index contributed by atoms with van der Waals surface area (Å²) in [5.74, 6) is 0.388. The first kappa shape index (κ1) is 30.2. The van der Waals surface area contributed by atoms with E-state index in [1.54, 1.807) is 7.11 Å². The van der Waals surface area contributed by atoms with Crippen LogP contribution < -0.4 is 4.74 Å². The Morgan fingerprint density at radius 3 is 1.97 bits per heavy atom. The molecule has 0 aliphatic carbocycles. The fourth-order valence-electron chi connectivity index (χ4n) is 5.43. The lowest BCUT2D eigenvalue weighted by molar-refractivity contribution is -0.139. The van der Waals surface area contributed by atoms with E-state index in [1.807, 2.05) is 38.1 Å². The summed E-state index contributed by atoms with van der Waals surface area (Å²) in [4.78, 5) is 11.9. The smallest absolute Gasteiger partial charge is 0.310 e. The quantitative estimate of drug-likeness (QED) is 0.242. The number of carbonyl (C=O) groups is 1. The third kappa shape index (κ3) is 6.62. The minimum absolute atomic E-state index is 0.102. The van der Waals surface area contributed by atoms with E-state index in [0.717, 1.165) is 35.1 Å². The van der Waals surface area contributed by atoms with E-state index in [1.165, 1.54) is 23.8 Å². The number of benzene rings is 3. The van der Waals surface area contributed by atoms with Gasteiger partial charge in [0.25, 0.3) is 0 Å². The Labute approximate surface area is 234 Å². The van der Waals surface area contributed by atoms with Gasteiger partial charge in [-0.1, -0.05) is 88.4 Å². The normalized spacial score (nSPS) is 12.1. The summed E-state index contributed by atoms with van der Waals surface area (Å²) < 4.78 is 10.3. The molecule has 0 aliphatic heterocycles. The Morgan fingerprint density at radius 1 is 0.821 bits per heavy atom. The van der Waals surface area contributed by atoms with Gasteiger partial charge in [0.15, 0.2) is 0 Å². The van der Waals surface area contributed by atoms with Gasteiger partial charge in [-0.15, -0.1) is 0 Å². The van der Waals surface area contributed by atoms with E-state index in [2.05, 4.69) is 69.3 Å². The summed E-state index contributed by atoms with van der Waals surface area (Å²) in [6.45, 7) is 10.7. The van der Waals surface area contributed by atoms with Gasteiger partial charge < -0.3 is 14.6 Å². The molecule has 1 N–H and O–H groups in total. The zero-order valence-electron chi connectivity index (χ0n) is 24.6. The minimum atomic E-state index is -0.757. The van der Waals surface area contributed by atoms with Crippen LogP contribution >= 0.6 is 0 Å². The van der Waals surface area contributed by atoms with Gasteiger partial charge in [0.2, 0.25) is 0 Å². The van der Waals surface area contributed by atoms with E-state index < -0.39 is 5.60 Å². The van der Waals surface area contributed by atoms with Crippen LogP contribution in [0.4, 0.5) is 0 Å². The van der Waals surface area contributed by atoms with Gasteiger partial charge in [0.1, 0.15) is 5.75 Å². The van der Waals surface area contributed by atoms with Gasteiger partial charge in [-0.05, 0) is 78.1 Å². The van der Waals surface area contributed by atoms with Crippen molar-refractivity contribution in [2.75, 3.05) is 14.2 Å². The molecule has 0 spiro atoms. The Balaban J connectivity index is 1.95. The number of rotatable bonds is 12. The lowest BCUT2D eigenvalue weighted by Gasteiger charge is -2.34. The number of aryl methyl sites for hydroxylation is 1. The van der Waals surface area contributed by atoms with Gasteiger partial charge in [-0.3, -0.25) is 4.79 Å². The first-order chi connectivity index (χ1) is 18.7. The molecule has 0 saturated carbocycles. The molecule has 0 fully saturated rings. The topological polar surface area (TPSA) is 55.8 Å². The molecule has 0 aromatic heterocycles. The van der Waals surface area contributed by atoms with Gasteiger partial charge in [-0.25, -0.2) is 0 Å². The van der Waals surface area contributed by atoms with Crippen LogP contribution in [0.1, 0.15) is 81.2 Å². The SMILES string of the molecule is CCC(O)(C=Cc1ccc(C(CC)(CC)c2ccc(-c3ccc(OC)c(CC(=O)OC)c3)cc2)cc1C)CC. The molecule has 0 aliphatic rings. The van der Waals surface area contributed by atoms with Gasteiger partial charge in [-0.2, -0.15) is 0 Å². The van der Waals surface area contributed by atoms with Crippen molar-refractivity contribution in [1.82, 2.24) is 0 Å². The van der Waals surface area contributed by atoms with Crippen LogP contribution in [0.2, 0.25) is 0 Å². The highest BCUT2D eigenvalue weighted by molar-refractivity contribution is 5.75. The summed E-state index contributed by atoms with van der Waals surface area (Å²) in [5, 5.41) is 10.7. The second kappa shape index (κ2) is 13.1. The van der Waals surface area contributed by atoms with Gasteiger partial charge >= 0.3 is 5.97 Å². The summed E-state index contributed by atoms with van der Waals surface area (Å²) in [7, 11) is 3.01. The molecule has 0 bridgehead atoms. The molecule has 39 heavy (non-hydrogen) atoms. The molecule has 0 heterocycles. The molecule has 3 aromatic carbocycles. The standard InChI is InChI=1S/C35H44O4/c1-8-34(37,9-2)21-20-26-12-18-31(22-25(26)5)35(10-3,11-4)30-16-13-27(14-17-30)28-15-19-32(38-6)29(23-28)24-33(36)39-7/h12-23,37H,8-11,24H2,1-7H3. The molecular formula is C35H44O4. The molecule has 3 aromatic rings. The third-order valence-electron chi connectivity index (χ3n) is 8.44. The van der Waals surface area contributed by atoms with Crippen LogP contribution in [0.25, 0.3) is 17.2 Å². The predicted molar refractivity (Wildman–Crippen MR) is 161 cm³/mol. The maximum Gasteiger partial charge on any atom is 0.310 e. The number of hydrogen-bond donors (Lipinski definition) is 1. The van der Waals surface area contributed by atoms with Gasteiger partial charge in [0, 0.05) is 11.0 Å². The van der Waals surface area contributed by atoms with E-state index in [-0.39, 0.29) is 17.8 Å². The highest BCUT2D eigenvalue weighted by Crippen LogP contribution is 2.40. The van der Waals surface area contributed by atoms with E-state index >= 15 is 0 Å². The van der Waals surface area contributed by atoms with Crippen LogP contribution in [0.3, 0.4) is 0 Å². The maximum absolute atomic E-state index is 11.9. The van der Waals surface area contributed by atoms with Crippen LogP contribution in [0, 0.1) is 6.92 Å². The van der Waals surface area contributed by atoms with Crippen molar-refractivity contribution in [3.63, 3.8) is 0 Å². The zero-order valence-corrected chi connectivity index (χ0v) is 24.6. The maximum atomic E-state index is 11.9. The summed E-state index contributed by atoms with van der Waals surface area (Å²) >= 11 is 0. The molecular weight excluding hydrogens is 484 g/mol. The molecule has 4 heteroatoms. The van der Waals surface area contributed by atoms with Crippen molar-refractivity contribution >= 4 is 12.0 Å². The fraction of sp³-hybridized carbons (Fsp3) is 0.400. The minimum Gasteiger partial charge on any atom is -0.496 e. The Hall–Kier alpha value is -3.37. The van der Waals surface area contributed by atoms with Crippen LogP contribution in [-0.4, -0.2) is 30.9 Å². The van der Waals surface area contributed by atoms with Crippen LogP contribution in [-0.2, 0) is 21.4 Å². The zero-order chi connectivity index (χ0) is 28.6. The number of ether oxygens (including phenoxy) is 2. The van der Waals surface area contributed by atoms with Gasteiger partial charge in [0.05, 0.1) is 26.2 Å². The van der Waals surface area contributed by atoms with Crippen LogP contribution in [0.15, 0.2) is 66.7 Å². The largest absolute Gasteiger partial charge is 0.496 e. The van der Waals surface area contributed by atoms with Crippen molar-refractivity contribution in [2.45, 2.75) is 77.7 Å². The predicted octanol–water partition coefficient (Wildman–Crippen LogP) is 8.06. The Morgan fingerprint density at radius 2 is 1.44 bits per heavy atom. The fourth-order valence-corrected chi connectivity index (χ4v) is 5.43. The first-order valence-electron chi connectivity index (χ1n) is 14.1. The van der Waals surface area contributed by atoms with Crippen molar-refractivity contribution in [3.05, 3.63) is 94.6 Å². The summed E-state index contributed by atoms with van der Waals surface area (Å²) in [6, 6.07) is 21.5. The molecule has 0 radical (unpaired) electrons. The average molecular weight is 529 g/mol. The number of esters is 1.